The van der Waals surface area contributed by atoms with Crippen molar-refractivity contribution >= 4 is 43.3 Å². The molecule has 18 heavy (non-hydrogen) atoms. The van der Waals surface area contributed by atoms with Crippen molar-refractivity contribution in [3.63, 3.8) is 0 Å². The maximum atomic E-state index is 11.9. The molecule has 0 aliphatic heterocycles. The SMILES string of the molecule is COC(=O)C(O)CNS(=O)(=O)c1cc(Br)sc1C. The second kappa shape index (κ2) is 6.11. The highest BCUT2D eigenvalue weighted by molar-refractivity contribution is 9.11. The minimum atomic E-state index is -3.74. The van der Waals surface area contributed by atoms with Crippen LogP contribution in [0.1, 0.15) is 4.88 Å². The van der Waals surface area contributed by atoms with E-state index in [1.165, 1.54) is 17.4 Å². The number of aryl methyl sites for hydroxylation is 1. The second-order valence-corrected chi connectivity index (χ2v) is 7.73. The Labute approximate surface area is 117 Å². The third kappa shape index (κ3) is 3.75. The highest BCUT2D eigenvalue weighted by Crippen LogP contribution is 2.29. The van der Waals surface area contributed by atoms with Gasteiger partial charge in [0.15, 0.2) is 6.10 Å². The average Bonchev–Trinajstić information content (AvgIpc) is 2.65. The Morgan fingerprint density at radius 3 is 2.72 bits per heavy atom. The smallest absolute Gasteiger partial charge is 0.336 e. The number of hydrogen-bond donors (Lipinski definition) is 2. The topological polar surface area (TPSA) is 92.7 Å². The molecule has 1 aromatic rings. The van der Waals surface area contributed by atoms with Crippen LogP contribution in [0, 0.1) is 6.92 Å². The summed E-state index contributed by atoms with van der Waals surface area (Å²) < 4.78 is 30.9. The minimum absolute atomic E-state index is 0.122. The highest BCUT2D eigenvalue weighted by Gasteiger charge is 2.23. The van der Waals surface area contributed by atoms with Gasteiger partial charge in [-0.2, -0.15) is 0 Å². The first-order valence-corrected chi connectivity index (χ1v) is 7.88. The van der Waals surface area contributed by atoms with Crippen LogP contribution in [0.4, 0.5) is 0 Å². The van der Waals surface area contributed by atoms with Gasteiger partial charge in [-0.3, -0.25) is 0 Å². The third-order valence-electron chi connectivity index (χ3n) is 2.07. The number of carbonyl (C=O) groups excluding carboxylic acids is 1. The molecule has 1 unspecified atom stereocenters. The fourth-order valence-electron chi connectivity index (χ4n) is 1.18. The molecule has 0 fully saturated rings. The number of hydrogen-bond acceptors (Lipinski definition) is 6. The number of nitrogens with one attached hydrogen (secondary N) is 1. The van der Waals surface area contributed by atoms with Gasteiger partial charge in [0.05, 0.1) is 15.8 Å². The van der Waals surface area contributed by atoms with Gasteiger partial charge in [0.2, 0.25) is 10.0 Å². The normalized spacial score (nSPS) is 13.3. The van der Waals surface area contributed by atoms with Gasteiger partial charge >= 0.3 is 5.97 Å². The van der Waals surface area contributed by atoms with E-state index in [4.69, 9.17) is 0 Å². The lowest BCUT2D eigenvalue weighted by molar-refractivity contribution is -0.149. The molecule has 6 nitrogen and oxygen atoms in total. The van der Waals surface area contributed by atoms with E-state index in [-0.39, 0.29) is 4.90 Å². The number of ether oxygens (including phenoxy) is 1. The van der Waals surface area contributed by atoms with Crippen LogP contribution in [0.15, 0.2) is 14.7 Å². The summed E-state index contributed by atoms with van der Waals surface area (Å²) in [4.78, 5) is 11.7. The molecule has 102 valence electrons. The van der Waals surface area contributed by atoms with E-state index in [1.54, 1.807) is 6.92 Å². The molecular formula is C9H12BrNO5S2. The molecule has 0 saturated heterocycles. The Morgan fingerprint density at radius 1 is 1.67 bits per heavy atom. The highest BCUT2D eigenvalue weighted by atomic mass is 79.9. The number of thiophene rings is 1. The summed E-state index contributed by atoms with van der Waals surface area (Å²) in [6.45, 7) is 1.24. The first-order valence-electron chi connectivity index (χ1n) is 4.79. The van der Waals surface area contributed by atoms with E-state index in [0.717, 1.165) is 7.11 Å². The largest absolute Gasteiger partial charge is 0.467 e. The van der Waals surface area contributed by atoms with Gasteiger partial charge in [-0.25, -0.2) is 17.9 Å². The average molecular weight is 358 g/mol. The van der Waals surface area contributed by atoms with Crippen molar-refractivity contribution in [3.05, 3.63) is 14.7 Å². The Balaban J connectivity index is 2.78. The van der Waals surface area contributed by atoms with Crippen molar-refractivity contribution in [3.8, 4) is 0 Å². The summed E-state index contributed by atoms with van der Waals surface area (Å²) in [7, 11) is -2.63. The zero-order valence-electron chi connectivity index (χ0n) is 9.64. The predicted molar refractivity (Wildman–Crippen MR) is 70.0 cm³/mol. The number of methoxy groups -OCH3 is 1. The fourth-order valence-corrected chi connectivity index (χ4v) is 4.63. The van der Waals surface area contributed by atoms with E-state index in [2.05, 4.69) is 25.4 Å². The standard InChI is InChI=1S/C9H12BrNO5S2/c1-5-7(3-8(10)17-5)18(14,15)11-4-6(12)9(13)16-2/h3,6,11-12H,4H2,1-2H3. The van der Waals surface area contributed by atoms with Crippen molar-refractivity contribution < 1.29 is 23.1 Å². The van der Waals surface area contributed by atoms with Crippen LogP contribution in [0.25, 0.3) is 0 Å². The number of esters is 1. The molecule has 0 aliphatic carbocycles. The van der Waals surface area contributed by atoms with Crippen LogP contribution in [-0.4, -0.2) is 39.3 Å². The Morgan fingerprint density at radius 2 is 2.28 bits per heavy atom. The lowest BCUT2D eigenvalue weighted by atomic mass is 10.4. The Bertz CT molecular complexity index is 539. The van der Waals surface area contributed by atoms with E-state index < -0.39 is 28.6 Å². The molecule has 0 bridgehead atoms. The Kier molecular flexibility index (Phi) is 5.29. The summed E-state index contributed by atoms with van der Waals surface area (Å²) in [5.41, 5.74) is 0. The molecule has 9 heteroatoms. The summed E-state index contributed by atoms with van der Waals surface area (Å²) in [6.07, 6.45) is -1.52. The number of sulfonamides is 1. The lowest BCUT2D eigenvalue weighted by Gasteiger charge is -2.10. The van der Waals surface area contributed by atoms with Gasteiger partial charge in [-0.1, -0.05) is 0 Å². The number of carbonyl (C=O) groups is 1. The van der Waals surface area contributed by atoms with Crippen molar-refractivity contribution in [2.24, 2.45) is 0 Å². The zero-order valence-corrected chi connectivity index (χ0v) is 12.9. The summed E-state index contributed by atoms with van der Waals surface area (Å²) in [6, 6.07) is 1.47. The molecule has 0 aromatic carbocycles. The number of aliphatic hydroxyl groups is 1. The van der Waals surface area contributed by atoms with Crippen LogP contribution in [0.5, 0.6) is 0 Å². The summed E-state index contributed by atoms with van der Waals surface area (Å²) in [5, 5.41) is 9.29. The molecule has 0 spiro atoms. The quantitative estimate of drug-likeness (QED) is 0.754. The molecule has 1 atom stereocenters. The predicted octanol–water partition coefficient (Wildman–Crippen LogP) is 0.631. The minimum Gasteiger partial charge on any atom is -0.467 e. The van der Waals surface area contributed by atoms with Crippen molar-refractivity contribution in [2.45, 2.75) is 17.9 Å². The van der Waals surface area contributed by atoms with Gasteiger partial charge < -0.3 is 9.84 Å². The van der Waals surface area contributed by atoms with Crippen LogP contribution >= 0.6 is 27.3 Å². The molecule has 0 saturated carbocycles. The molecule has 0 amide bonds. The van der Waals surface area contributed by atoms with Crippen molar-refractivity contribution in [1.29, 1.82) is 0 Å². The van der Waals surface area contributed by atoms with E-state index in [9.17, 15) is 18.3 Å². The first kappa shape index (κ1) is 15.6. The van der Waals surface area contributed by atoms with Gasteiger partial charge in [-0.05, 0) is 28.9 Å². The maximum absolute atomic E-state index is 11.9. The van der Waals surface area contributed by atoms with Crippen LogP contribution in [-0.2, 0) is 19.6 Å². The molecule has 1 rings (SSSR count). The molecule has 2 N–H and O–H groups in total. The van der Waals surface area contributed by atoms with Gasteiger partial charge in [0, 0.05) is 11.4 Å². The van der Waals surface area contributed by atoms with Crippen molar-refractivity contribution in [1.82, 2.24) is 4.72 Å². The van der Waals surface area contributed by atoms with E-state index in [0.29, 0.717) is 8.66 Å². The zero-order chi connectivity index (χ0) is 13.9. The number of rotatable bonds is 5. The molecule has 1 heterocycles. The second-order valence-electron chi connectivity index (χ2n) is 3.36. The summed E-state index contributed by atoms with van der Waals surface area (Å²) in [5.74, 6) is -0.888. The van der Waals surface area contributed by atoms with Crippen molar-refractivity contribution in [2.75, 3.05) is 13.7 Å². The van der Waals surface area contributed by atoms with Crippen LogP contribution in [0.2, 0.25) is 0 Å². The molecular weight excluding hydrogens is 346 g/mol. The maximum Gasteiger partial charge on any atom is 0.336 e. The lowest BCUT2D eigenvalue weighted by Crippen LogP contribution is -2.37. The van der Waals surface area contributed by atoms with Crippen LogP contribution < -0.4 is 4.72 Å². The Hall–Kier alpha value is -0.480. The third-order valence-corrected chi connectivity index (χ3v) is 5.30. The molecule has 1 aromatic heterocycles. The number of halogens is 1. The van der Waals surface area contributed by atoms with Gasteiger partial charge in [-0.15, -0.1) is 11.3 Å². The number of aliphatic hydroxyl groups excluding tert-OH is 1. The summed E-state index contributed by atoms with van der Waals surface area (Å²) >= 11 is 4.48. The fraction of sp³-hybridized carbons (Fsp3) is 0.444. The van der Waals surface area contributed by atoms with Gasteiger partial charge in [0.1, 0.15) is 0 Å². The first-order chi connectivity index (χ1) is 8.27. The molecule has 0 radical (unpaired) electrons. The van der Waals surface area contributed by atoms with Crippen LogP contribution in [0.3, 0.4) is 0 Å². The van der Waals surface area contributed by atoms with E-state index in [1.807, 2.05) is 0 Å². The van der Waals surface area contributed by atoms with Gasteiger partial charge in [0.25, 0.3) is 0 Å². The monoisotopic (exact) mass is 357 g/mol. The van der Waals surface area contributed by atoms with E-state index >= 15 is 0 Å². The molecule has 0 aliphatic rings.